The third-order valence-electron chi connectivity index (χ3n) is 5.38. The monoisotopic (exact) mass is 405 g/mol. The molecule has 2 aromatic carbocycles. The Morgan fingerprint density at radius 2 is 1.59 bits per heavy atom. The number of likely N-dealkylation sites (tertiary alicyclic amines) is 1. The molecule has 3 aromatic rings. The Balaban J connectivity index is 1.46. The van der Waals surface area contributed by atoms with Crippen LogP contribution in [0.4, 0.5) is 0 Å². The number of thiophene rings is 1. The number of carbonyl (C=O) groups excluding carboxylic acids is 2. The number of hydrogen-bond donors (Lipinski definition) is 0. The minimum atomic E-state index is -0.0217. The van der Waals surface area contributed by atoms with Gasteiger partial charge in [-0.3, -0.25) is 9.59 Å². The topological polar surface area (TPSA) is 46.6 Å². The molecule has 1 fully saturated rings. The van der Waals surface area contributed by atoms with E-state index in [0.717, 1.165) is 16.0 Å². The molecule has 148 valence electrons. The van der Waals surface area contributed by atoms with Gasteiger partial charge in [0, 0.05) is 29.4 Å². The summed E-state index contributed by atoms with van der Waals surface area (Å²) in [5.74, 6) is 0.755. The van der Waals surface area contributed by atoms with Crippen LogP contribution in [0, 0.1) is 5.92 Å². The summed E-state index contributed by atoms with van der Waals surface area (Å²) in [5, 5.41) is 0. The summed E-state index contributed by atoms with van der Waals surface area (Å²) in [6, 6.07) is 21.3. The Kier molecular flexibility index (Phi) is 5.76. The molecule has 29 heavy (non-hydrogen) atoms. The smallest absolute Gasteiger partial charge is 0.267 e. The molecule has 1 amide bonds. The SMILES string of the molecule is COc1cc(-c2ccccc2)sc1C(=O)N1CCC(C(=O)c2ccccc2)CC1. The molecule has 4 rings (SSSR count). The Bertz CT molecular complexity index is 989. The van der Waals surface area contributed by atoms with Gasteiger partial charge in [-0.2, -0.15) is 0 Å². The zero-order chi connectivity index (χ0) is 20.2. The van der Waals surface area contributed by atoms with Crippen LogP contribution in [0.2, 0.25) is 0 Å². The van der Waals surface area contributed by atoms with Gasteiger partial charge in [0.2, 0.25) is 0 Å². The fourth-order valence-electron chi connectivity index (χ4n) is 3.75. The second kappa shape index (κ2) is 8.62. The Morgan fingerprint density at radius 3 is 2.21 bits per heavy atom. The van der Waals surface area contributed by atoms with Gasteiger partial charge < -0.3 is 9.64 Å². The predicted molar refractivity (Wildman–Crippen MR) is 116 cm³/mol. The molecule has 1 aliphatic rings. The number of ether oxygens (including phenoxy) is 1. The average Bonchev–Trinajstić information content (AvgIpc) is 3.24. The minimum absolute atomic E-state index is 0.0142. The van der Waals surface area contributed by atoms with Crippen molar-refractivity contribution < 1.29 is 14.3 Å². The Hall–Kier alpha value is -2.92. The molecule has 0 N–H and O–H groups in total. The number of carbonyl (C=O) groups is 2. The van der Waals surface area contributed by atoms with E-state index < -0.39 is 0 Å². The first-order chi connectivity index (χ1) is 14.2. The summed E-state index contributed by atoms with van der Waals surface area (Å²) in [6.45, 7) is 1.17. The summed E-state index contributed by atoms with van der Waals surface area (Å²) < 4.78 is 5.49. The number of rotatable bonds is 5. The van der Waals surface area contributed by atoms with Crippen molar-refractivity contribution in [3.63, 3.8) is 0 Å². The van der Waals surface area contributed by atoms with E-state index in [9.17, 15) is 9.59 Å². The first kappa shape index (κ1) is 19.4. The van der Waals surface area contributed by atoms with Gasteiger partial charge in [0.05, 0.1) is 7.11 Å². The van der Waals surface area contributed by atoms with Gasteiger partial charge in [-0.25, -0.2) is 0 Å². The maximum atomic E-state index is 13.1. The highest BCUT2D eigenvalue weighted by atomic mass is 32.1. The molecule has 2 heterocycles. The summed E-state index contributed by atoms with van der Waals surface area (Å²) in [4.78, 5) is 29.3. The predicted octanol–water partition coefficient (Wildman–Crippen LogP) is 5.16. The maximum Gasteiger partial charge on any atom is 0.267 e. The Morgan fingerprint density at radius 1 is 0.966 bits per heavy atom. The van der Waals surface area contributed by atoms with E-state index in [2.05, 4.69) is 0 Å². The van der Waals surface area contributed by atoms with Crippen LogP contribution >= 0.6 is 11.3 Å². The highest BCUT2D eigenvalue weighted by Crippen LogP contribution is 2.37. The lowest BCUT2D eigenvalue weighted by Gasteiger charge is -2.31. The number of methoxy groups -OCH3 is 1. The van der Waals surface area contributed by atoms with Crippen molar-refractivity contribution in [3.8, 4) is 16.2 Å². The molecule has 0 radical (unpaired) electrons. The summed E-state index contributed by atoms with van der Waals surface area (Å²) >= 11 is 1.46. The van der Waals surface area contributed by atoms with E-state index in [1.165, 1.54) is 11.3 Å². The van der Waals surface area contributed by atoms with Crippen LogP contribution in [0.1, 0.15) is 32.9 Å². The Labute approximate surface area is 174 Å². The molecule has 4 nitrogen and oxygen atoms in total. The van der Waals surface area contributed by atoms with Crippen molar-refractivity contribution in [3.05, 3.63) is 77.2 Å². The lowest BCUT2D eigenvalue weighted by Crippen LogP contribution is -2.40. The molecule has 0 unspecified atom stereocenters. The standard InChI is InChI=1S/C24H23NO3S/c1-28-20-16-21(17-8-4-2-5-9-17)29-23(20)24(27)25-14-12-19(13-15-25)22(26)18-10-6-3-7-11-18/h2-11,16,19H,12-15H2,1H3. The van der Waals surface area contributed by atoms with Gasteiger partial charge in [0.25, 0.3) is 5.91 Å². The van der Waals surface area contributed by atoms with Crippen molar-refractivity contribution in [1.82, 2.24) is 4.90 Å². The van der Waals surface area contributed by atoms with E-state index in [1.807, 2.05) is 71.6 Å². The highest BCUT2D eigenvalue weighted by Gasteiger charge is 2.30. The van der Waals surface area contributed by atoms with Crippen molar-refractivity contribution in [2.45, 2.75) is 12.8 Å². The summed E-state index contributed by atoms with van der Waals surface area (Å²) in [6.07, 6.45) is 1.39. The molecule has 0 aliphatic carbocycles. The summed E-state index contributed by atoms with van der Waals surface area (Å²) in [5.41, 5.74) is 1.83. The van der Waals surface area contributed by atoms with Gasteiger partial charge in [0.15, 0.2) is 5.78 Å². The first-order valence-corrected chi connectivity index (χ1v) is 10.6. The van der Waals surface area contributed by atoms with Crippen LogP contribution in [0.3, 0.4) is 0 Å². The maximum absolute atomic E-state index is 13.1. The zero-order valence-corrected chi connectivity index (χ0v) is 17.2. The van der Waals surface area contributed by atoms with E-state index in [0.29, 0.717) is 36.6 Å². The number of Topliss-reactive ketones (excluding diaryl/α,β-unsaturated/α-hetero) is 1. The van der Waals surface area contributed by atoms with Crippen molar-refractivity contribution in [2.24, 2.45) is 5.92 Å². The van der Waals surface area contributed by atoms with Gasteiger partial charge in [0.1, 0.15) is 10.6 Å². The molecule has 0 bridgehead atoms. The number of ketones is 1. The third-order valence-corrected chi connectivity index (χ3v) is 6.54. The van der Waals surface area contributed by atoms with Gasteiger partial charge in [-0.15, -0.1) is 11.3 Å². The van der Waals surface area contributed by atoms with Crippen molar-refractivity contribution >= 4 is 23.0 Å². The molecule has 0 spiro atoms. The molecular formula is C24H23NO3S. The molecular weight excluding hydrogens is 382 g/mol. The van der Waals surface area contributed by atoms with E-state index in [-0.39, 0.29) is 17.6 Å². The summed E-state index contributed by atoms with van der Waals surface area (Å²) in [7, 11) is 1.60. The van der Waals surface area contributed by atoms with E-state index >= 15 is 0 Å². The van der Waals surface area contributed by atoms with Crippen LogP contribution < -0.4 is 4.74 Å². The third kappa shape index (κ3) is 4.10. The second-order valence-corrected chi connectivity index (χ2v) is 8.22. The van der Waals surface area contributed by atoms with Crippen LogP contribution in [0.25, 0.3) is 10.4 Å². The number of amides is 1. The quantitative estimate of drug-likeness (QED) is 0.551. The lowest BCUT2D eigenvalue weighted by atomic mass is 9.89. The molecule has 0 saturated carbocycles. The largest absolute Gasteiger partial charge is 0.495 e. The lowest BCUT2D eigenvalue weighted by molar-refractivity contribution is 0.0652. The fourth-order valence-corrected chi connectivity index (χ4v) is 4.85. The fraction of sp³-hybridized carbons (Fsp3) is 0.250. The normalized spacial score (nSPS) is 14.6. The van der Waals surface area contributed by atoms with E-state index in [4.69, 9.17) is 4.74 Å². The van der Waals surface area contributed by atoms with E-state index in [1.54, 1.807) is 7.11 Å². The van der Waals surface area contributed by atoms with Gasteiger partial charge in [-0.05, 0) is 24.5 Å². The van der Waals surface area contributed by atoms with Crippen molar-refractivity contribution in [1.29, 1.82) is 0 Å². The molecule has 1 aliphatic heterocycles. The molecule has 1 saturated heterocycles. The number of benzene rings is 2. The van der Waals surface area contributed by atoms with Crippen LogP contribution in [-0.2, 0) is 0 Å². The zero-order valence-electron chi connectivity index (χ0n) is 16.3. The number of nitrogens with zero attached hydrogens (tertiary/aromatic N) is 1. The minimum Gasteiger partial charge on any atom is -0.495 e. The molecule has 1 aromatic heterocycles. The van der Waals surface area contributed by atoms with Crippen LogP contribution in [0.15, 0.2) is 66.7 Å². The number of piperidine rings is 1. The number of hydrogen-bond acceptors (Lipinski definition) is 4. The first-order valence-electron chi connectivity index (χ1n) is 9.79. The molecule has 5 heteroatoms. The van der Waals surface area contributed by atoms with Crippen molar-refractivity contribution in [2.75, 3.05) is 20.2 Å². The van der Waals surface area contributed by atoms with Gasteiger partial charge >= 0.3 is 0 Å². The highest BCUT2D eigenvalue weighted by molar-refractivity contribution is 7.17. The average molecular weight is 406 g/mol. The van der Waals surface area contributed by atoms with Gasteiger partial charge in [-0.1, -0.05) is 60.7 Å². The molecule has 0 atom stereocenters. The second-order valence-electron chi connectivity index (χ2n) is 7.17. The van der Waals surface area contributed by atoms with Crippen LogP contribution in [0.5, 0.6) is 5.75 Å². The van der Waals surface area contributed by atoms with Crippen LogP contribution in [-0.4, -0.2) is 36.8 Å².